The molecule has 5 heteroatoms. The third kappa shape index (κ3) is 2.42. The normalized spacial score (nSPS) is 12.6. The number of nitro groups is 1. The number of anilines is 1. The Bertz CT molecular complexity index is 655. The van der Waals surface area contributed by atoms with Gasteiger partial charge in [0.15, 0.2) is 0 Å². The minimum atomic E-state index is -0.354. The van der Waals surface area contributed by atoms with E-state index >= 15 is 0 Å². The minimum absolute atomic E-state index is 0.143. The zero-order valence-corrected chi connectivity index (χ0v) is 10.8. The second-order valence-corrected chi connectivity index (χ2v) is 4.66. The predicted octanol–water partition coefficient (Wildman–Crippen LogP) is 3.14. The average molecular weight is 270 g/mol. The van der Waals surface area contributed by atoms with E-state index in [4.69, 9.17) is 4.74 Å². The Morgan fingerprint density at radius 3 is 2.95 bits per heavy atom. The van der Waals surface area contributed by atoms with E-state index in [1.54, 1.807) is 18.2 Å². The summed E-state index contributed by atoms with van der Waals surface area (Å²) in [6, 6.07) is 12.7. The first-order valence-corrected chi connectivity index (χ1v) is 6.46. The highest BCUT2D eigenvalue weighted by Crippen LogP contribution is 2.28. The maximum atomic E-state index is 10.9. The Balaban J connectivity index is 1.75. The van der Waals surface area contributed by atoms with Gasteiger partial charge in [-0.15, -0.1) is 0 Å². The molecule has 0 atom stereocenters. The number of nitrogens with one attached hydrogen (secondary N) is 1. The van der Waals surface area contributed by atoms with Gasteiger partial charge in [0.05, 0.1) is 11.5 Å². The number of benzene rings is 2. The zero-order valence-electron chi connectivity index (χ0n) is 10.8. The van der Waals surface area contributed by atoms with Crippen LogP contribution in [-0.4, -0.2) is 11.5 Å². The van der Waals surface area contributed by atoms with E-state index in [1.165, 1.54) is 11.6 Å². The highest BCUT2D eigenvalue weighted by molar-refractivity contribution is 5.53. The molecule has 0 unspecified atom stereocenters. The second kappa shape index (κ2) is 5.21. The molecule has 3 rings (SSSR count). The van der Waals surface area contributed by atoms with Gasteiger partial charge in [0, 0.05) is 30.3 Å². The average Bonchev–Trinajstić information content (AvgIpc) is 2.92. The van der Waals surface area contributed by atoms with Crippen molar-refractivity contribution in [2.45, 2.75) is 13.0 Å². The van der Waals surface area contributed by atoms with Gasteiger partial charge >= 0.3 is 0 Å². The SMILES string of the molecule is O=[N+]([O-])c1ccccc1CNc1ccc2c(c1)CCO2. The van der Waals surface area contributed by atoms with Gasteiger partial charge < -0.3 is 10.1 Å². The van der Waals surface area contributed by atoms with Gasteiger partial charge in [0.25, 0.3) is 5.69 Å². The van der Waals surface area contributed by atoms with Gasteiger partial charge in [0.2, 0.25) is 0 Å². The Morgan fingerprint density at radius 2 is 2.10 bits per heavy atom. The topological polar surface area (TPSA) is 64.4 Å². The fourth-order valence-corrected chi connectivity index (χ4v) is 2.33. The zero-order chi connectivity index (χ0) is 13.9. The molecule has 0 spiro atoms. The van der Waals surface area contributed by atoms with Gasteiger partial charge in [-0.3, -0.25) is 10.1 Å². The summed E-state index contributed by atoms with van der Waals surface area (Å²) in [5.41, 5.74) is 2.95. The first-order chi connectivity index (χ1) is 9.74. The molecule has 1 aliphatic rings. The molecule has 2 aromatic carbocycles. The maximum Gasteiger partial charge on any atom is 0.274 e. The van der Waals surface area contributed by atoms with Gasteiger partial charge in [-0.25, -0.2) is 0 Å². The molecule has 20 heavy (non-hydrogen) atoms. The minimum Gasteiger partial charge on any atom is -0.493 e. The van der Waals surface area contributed by atoms with Crippen LogP contribution < -0.4 is 10.1 Å². The molecule has 0 aromatic heterocycles. The van der Waals surface area contributed by atoms with Gasteiger partial charge in [-0.05, 0) is 23.8 Å². The van der Waals surface area contributed by atoms with Crippen molar-refractivity contribution in [3.63, 3.8) is 0 Å². The fraction of sp³-hybridized carbons (Fsp3) is 0.200. The van der Waals surface area contributed by atoms with Crippen molar-refractivity contribution in [2.75, 3.05) is 11.9 Å². The molecule has 1 heterocycles. The molecule has 1 N–H and O–H groups in total. The summed E-state index contributed by atoms with van der Waals surface area (Å²) >= 11 is 0. The number of fused-ring (bicyclic) bond motifs is 1. The van der Waals surface area contributed by atoms with E-state index in [1.807, 2.05) is 18.2 Å². The number of nitro benzene ring substituents is 1. The van der Waals surface area contributed by atoms with E-state index in [0.717, 1.165) is 24.5 Å². The summed E-state index contributed by atoms with van der Waals surface area (Å²) in [4.78, 5) is 10.6. The monoisotopic (exact) mass is 270 g/mol. The molecule has 0 bridgehead atoms. The molecule has 102 valence electrons. The molecule has 0 fully saturated rings. The van der Waals surface area contributed by atoms with Crippen molar-refractivity contribution in [3.05, 3.63) is 63.7 Å². The number of ether oxygens (including phenoxy) is 1. The standard InChI is InChI=1S/C15H14N2O3/c18-17(19)14-4-2-1-3-12(14)10-16-13-5-6-15-11(9-13)7-8-20-15/h1-6,9,16H,7-8,10H2. The third-order valence-corrected chi connectivity index (χ3v) is 3.36. The van der Waals surface area contributed by atoms with Crippen LogP contribution >= 0.6 is 0 Å². The van der Waals surface area contributed by atoms with Gasteiger partial charge in [0.1, 0.15) is 5.75 Å². The molecule has 5 nitrogen and oxygen atoms in total. The molecule has 0 radical (unpaired) electrons. The summed E-state index contributed by atoms with van der Waals surface area (Å²) in [5.74, 6) is 0.932. The number of para-hydroxylation sites is 1. The van der Waals surface area contributed by atoms with Crippen LogP contribution in [0.1, 0.15) is 11.1 Å². The first-order valence-electron chi connectivity index (χ1n) is 6.46. The molecule has 1 aliphatic heterocycles. The maximum absolute atomic E-state index is 10.9. The molecular formula is C15H14N2O3. The van der Waals surface area contributed by atoms with Crippen LogP contribution in [0.4, 0.5) is 11.4 Å². The largest absolute Gasteiger partial charge is 0.493 e. The number of nitrogens with zero attached hydrogens (tertiary/aromatic N) is 1. The lowest BCUT2D eigenvalue weighted by atomic mass is 10.1. The van der Waals surface area contributed by atoms with Crippen LogP contribution in [0.15, 0.2) is 42.5 Å². The van der Waals surface area contributed by atoms with E-state index in [9.17, 15) is 10.1 Å². The summed E-state index contributed by atoms with van der Waals surface area (Å²) < 4.78 is 5.45. The van der Waals surface area contributed by atoms with Crippen molar-refractivity contribution < 1.29 is 9.66 Å². The highest BCUT2D eigenvalue weighted by atomic mass is 16.6. The number of hydrogen-bond acceptors (Lipinski definition) is 4. The molecule has 0 aliphatic carbocycles. The van der Waals surface area contributed by atoms with Crippen LogP contribution in [0.25, 0.3) is 0 Å². The first kappa shape index (κ1) is 12.5. The number of rotatable bonds is 4. The quantitative estimate of drug-likeness (QED) is 0.684. The Hall–Kier alpha value is -2.56. The summed E-state index contributed by atoms with van der Waals surface area (Å²) in [5, 5.41) is 14.2. The van der Waals surface area contributed by atoms with Crippen LogP contribution in [-0.2, 0) is 13.0 Å². The van der Waals surface area contributed by atoms with E-state index in [2.05, 4.69) is 5.32 Å². The fourth-order valence-electron chi connectivity index (χ4n) is 2.33. The summed E-state index contributed by atoms with van der Waals surface area (Å²) in [7, 11) is 0. The molecule has 0 amide bonds. The predicted molar refractivity (Wildman–Crippen MR) is 76.1 cm³/mol. The summed E-state index contributed by atoms with van der Waals surface area (Å²) in [6.07, 6.45) is 0.913. The van der Waals surface area contributed by atoms with Crippen LogP contribution in [0.3, 0.4) is 0 Å². The third-order valence-electron chi connectivity index (χ3n) is 3.36. The molecule has 0 saturated heterocycles. The van der Waals surface area contributed by atoms with E-state index in [0.29, 0.717) is 12.1 Å². The van der Waals surface area contributed by atoms with E-state index in [-0.39, 0.29) is 10.6 Å². The molecular weight excluding hydrogens is 256 g/mol. The van der Waals surface area contributed by atoms with Crippen molar-refractivity contribution in [2.24, 2.45) is 0 Å². The summed E-state index contributed by atoms with van der Waals surface area (Å²) in [6.45, 7) is 1.15. The van der Waals surface area contributed by atoms with Crippen LogP contribution in [0.5, 0.6) is 5.75 Å². The number of hydrogen-bond donors (Lipinski definition) is 1. The van der Waals surface area contributed by atoms with Crippen molar-refractivity contribution in [1.29, 1.82) is 0 Å². The van der Waals surface area contributed by atoms with Gasteiger partial charge in [-0.2, -0.15) is 0 Å². The molecule has 2 aromatic rings. The smallest absolute Gasteiger partial charge is 0.274 e. The Morgan fingerprint density at radius 1 is 1.25 bits per heavy atom. The lowest BCUT2D eigenvalue weighted by molar-refractivity contribution is -0.385. The highest BCUT2D eigenvalue weighted by Gasteiger charge is 2.14. The Labute approximate surface area is 116 Å². The van der Waals surface area contributed by atoms with Crippen molar-refractivity contribution in [1.82, 2.24) is 0 Å². The molecule has 0 saturated carbocycles. The van der Waals surface area contributed by atoms with Crippen LogP contribution in [0.2, 0.25) is 0 Å². The van der Waals surface area contributed by atoms with Crippen LogP contribution in [0, 0.1) is 10.1 Å². The van der Waals surface area contributed by atoms with Crippen molar-refractivity contribution in [3.8, 4) is 5.75 Å². The van der Waals surface area contributed by atoms with Crippen molar-refractivity contribution >= 4 is 11.4 Å². The Kier molecular flexibility index (Phi) is 3.25. The van der Waals surface area contributed by atoms with Gasteiger partial charge in [-0.1, -0.05) is 18.2 Å². The lowest BCUT2D eigenvalue weighted by Crippen LogP contribution is -2.03. The lowest BCUT2D eigenvalue weighted by Gasteiger charge is -2.08. The second-order valence-electron chi connectivity index (χ2n) is 4.66. The van der Waals surface area contributed by atoms with E-state index < -0.39 is 0 Å².